The molecule has 0 spiro atoms. The Bertz CT molecular complexity index is 510. The Morgan fingerprint density at radius 1 is 1.11 bits per heavy atom. The number of aliphatic hydroxyl groups is 1. The van der Waals surface area contributed by atoms with Gasteiger partial charge in [0.05, 0.1) is 11.1 Å². The Morgan fingerprint density at radius 2 is 1.78 bits per heavy atom. The second-order valence-corrected chi connectivity index (χ2v) is 5.55. The highest BCUT2D eigenvalue weighted by atomic mass is 35.5. The molecule has 2 aromatic carbocycles. The summed E-state index contributed by atoms with van der Waals surface area (Å²) in [6.07, 6.45) is 0.362. The summed E-state index contributed by atoms with van der Waals surface area (Å²) < 4.78 is 0. The average molecular weight is 279 g/mol. The van der Waals surface area contributed by atoms with Crippen LogP contribution >= 0.6 is 23.4 Å². The first-order chi connectivity index (χ1) is 8.70. The molecule has 1 N–H and O–H groups in total. The molecule has 0 aromatic heterocycles. The number of hydrogen-bond donors (Lipinski definition) is 1. The maximum atomic E-state index is 9.73. The van der Waals surface area contributed by atoms with E-state index in [4.69, 9.17) is 11.6 Å². The Morgan fingerprint density at radius 3 is 2.39 bits per heavy atom. The largest absolute Gasteiger partial charge is 0.388 e. The lowest BCUT2D eigenvalue weighted by molar-refractivity contribution is 0.173. The minimum atomic E-state index is -0.371. The Hall–Kier alpha value is -0.960. The Balaban J connectivity index is 2.14. The van der Waals surface area contributed by atoms with Crippen LogP contribution in [0.4, 0.5) is 0 Å². The highest BCUT2D eigenvalue weighted by molar-refractivity contribution is 7.99. The molecule has 0 heterocycles. The molecule has 0 fully saturated rings. The average Bonchev–Trinajstić information content (AvgIpc) is 2.41. The van der Waals surface area contributed by atoms with E-state index in [-0.39, 0.29) is 6.10 Å². The van der Waals surface area contributed by atoms with Crippen LogP contribution in [0.5, 0.6) is 0 Å². The first-order valence-electron chi connectivity index (χ1n) is 5.91. The highest BCUT2D eigenvalue weighted by Gasteiger charge is 2.05. The quantitative estimate of drug-likeness (QED) is 0.855. The van der Waals surface area contributed by atoms with E-state index >= 15 is 0 Å². The van der Waals surface area contributed by atoms with E-state index in [0.29, 0.717) is 0 Å². The van der Waals surface area contributed by atoms with Gasteiger partial charge in [-0.3, -0.25) is 0 Å². The van der Waals surface area contributed by atoms with Crippen molar-refractivity contribution in [1.29, 1.82) is 0 Å². The molecule has 1 nitrogen and oxygen atoms in total. The maximum Gasteiger partial charge on any atom is 0.0787 e. The van der Waals surface area contributed by atoms with Gasteiger partial charge in [0, 0.05) is 9.79 Å². The van der Waals surface area contributed by atoms with Crippen molar-refractivity contribution >= 4 is 23.4 Å². The number of halogens is 1. The van der Waals surface area contributed by atoms with Crippen molar-refractivity contribution in [2.45, 2.75) is 29.2 Å². The van der Waals surface area contributed by atoms with Crippen molar-refractivity contribution in [3.8, 4) is 0 Å². The smallest absolute Gasteiger partial charge is 0.0787 e. The zero-order valence-electron chi connectivity index (χ0n) is 10.1. The molecule has 1 atom stereocenters. The number of hydrogen-bond acceptors (Lipinski definition) is 2. The lowest BCUT2D eigenvalue weighted by Gasteiger charge is -2.09. The summed E-state index contributed by atoms with van der Waals surface area (Å²) in [5.74, 6) is 0. The SMILES string of the molecule is CC[C@H](O)c1ccc(Sc2ccccc2Cl)cc1. The fourth-order valence-corrected chi connectivity index (χ4v) is 2.74. The highest BCUT2D eigenvalue weighted by Crippen LogP contribution is 2.33. The summed E-state index contributed by atoms with van der Waals surface area (Å²) in [5.41, 5.74) is 0.959. The van der Waals surface area contributed by atoms with E-state index < -0.39 is 0 Å². The zero-order valence-corrected chi connectivity index (χ0v) is 11.7. The van der Waals surface area contributed by atoms with Crippen molar-refractivity contribution in [3.63, 3.8) is 0 Å². The zero-order chi connectivity index (χ0) is 13.0. The van der Waals surface area contributed by atoms with Gasteiger partial charge in [0.2, 0.25) is 0 Å². The predicted octanol–water partition coefficient (Wildman–Crippen LogP) is 4.93. The first kappa shape index (κ1) is 13.5. The molecule has 0 aliphatic heterocycles. The van der Waals surface area contributed by atoms with E-state index in [1.807, 2.05) is 55.5 Å². The minimum absolute atomic E-state index is 0.371. The van der Waals surface area contributed by atoms with Gasteiger partial charge < -0.3 is 5.11 Å². The molecule has 18 heavy (non-hydrogen) atoms. The van der Waals surface area contributed by atoms with Crippen LogP contribution < -0.4 is 0 Å². The van der Waals surface area contributed by atoms with Crippen LogP contribution in [0.2, 0.25) is 5.02 Å². The minimum Gasteiger partial charge on any atom is -0.388 e. The lowest BCUT2D eigenvalue weighted by Crippen LogP contribution is -1.93. The number of rotatable bonds is 4. The maximum absolute atomic E-state index is 9.73. The summed E-state index contributed by atoms with van der Waals surface area (Å²) in [5, 5.41) is 10.5. The summed E-state index contributed by atoms with van der Waals surface area (Å²) >= 11 is 7.75. The van der Waals surface area contributed by atoms with Gasteiger partial charge in [-0.1, -0.05) is 54.6 Å². The van der Waals surface area contributed by atoms with Gasteiger partial charge in [-0.2, -0.15) is 0 Å². The van der Waals surface area contributed by atoms with E-state index in [1.165, 1.54) is 0 Å². The van der Waals surface area contributed by atoms with Crippen molar-refractivity contribution in [1.82, 2.24) is 0 Å². The van der Waals surface area contributed by atoms with Crippen LogP contribution in [-0.2, 0) is 0 Å². The second-order valence-electron chi connectivity index (χ2n) is 4.03. The van der Waals surface area contributed by atoms with Crippen molar-refractivity contribution < 1.29 is 5.11 Å². The molecule has 0 radical (unpaired) electrons. The molecular weight excluding hydrogens is 264 g/mol. The van der Waals surface area contributed by atoms with Crippen LogP contribution in [0.3, 0.4) is 0 Å². The first-order valence-corrected chi connectivity index (χ1v) is 7.10. The summed E-state index contributed by atoms with van der Waals surface area (Å²) in [6.45, 7) is 1.97. The Kier molecular flexibility index (Phi) is 4.70. The summed E-state index contributed by atoms with van der Waals surface area (Å²) in [6, 6.07) is 15.8. The fraction of sp³-hybridized carbons (Fsp3) is 0.200. The molecule has 0 amide bonds. The van der Waals surface area contributed by atoms with Crippen molar-refractivity contribution in [2.24, 2.45) is 0 Å². The molecule has 0 aliphatic rings. The van der Waals surface area contributed by atoms with Crippen molar-refractivity contribution in [2.75, 3.05) is 0 Å². The molecule has 0 saturated carbocycles. The summed E-state index contributed by atoms with van der Waals surface area (Å²) in [7, 11) is 0. The fourth-order valence-electron chi connectivity index (χ4n) is 1.65. The second kappa shape index (κ2) is 6.28. The molecule has 0 saturated heterocycles. The van der Waals surface area contributed by atoms with E-state index in [2.05, 4.69) is 0 Å². The number of aliphatic hydroxyl groups excluding tert-OH is 1. The van der Waals surface area contributed by atoms with Crippen LogP contribution in [-0.4, -0.2) is 5.11 Å². The molecule has 0 bridgehead atoms. The van der Waals surface area contributed by atoms with Gasteiger partial charge >= 0.3 is 0 Å². The van der Waals surface area contributed by atoms with Gasteiger partial charge in [-0.05, 0) is 36.2 Å². The topological polar surface area (TPSA) is 20.2 Å². The molecule has 2 rings (SSSR count). The van der Waals surface area contributed by atoms with E-state index in [9.17, 15) is 5.11 Å². The van der Waals surface area contributed by atoms with Gasteiger partial charge in [0.1, 0.15) is 0 Å². The van der Waals surface area contributed by atoms with Gasteiger partial charge in [-0.15, -0.1) is 0 Å². The molecule has 0 unspecified atom stereocenters. The molecule has 2 aromatic rings. The molecule has 0 aliphatic carbocycles. The lowest BCUT2D eigenvalue weighted by atomic mass is 10.1. The van der Waals surface area contributed by atoms with Crippen LogP contribution in [0, 0.1) is 0 Å². The standard InChI is InChI=1S/C15H15ClOS/c1-2-14(17)11-7-9-12(10-8-11)18-15-6-4-3-5-13(15)16/h3-10,14,17H,2H2,1H3/t14-/m0/s1. The van der Waals surface area contributed by atoms with Gasteiger partial charge in [-0.25, -0.2) is 0 Å². The van der Waals surface area contributed by atoms with Crippen LogP contribution in [0.25, 0.3) is 0 Å². The van der Waals surface area contributed by atoms with E-state index in [0.717, 1.165) is 26.8 Å². The molecule has 3 heteroatoms. The number of benzene rings is 2. The molecule has 94 valence electrons. The van der Waals surface area contributed by atoms with Gasteiger partial charge in [0.25, 0.3) is 0 Å². The van der Waals surface area contributed by atoms with Crippen LogP contribution in [0.15, 0.2) is 58.3 Å². The predicted molar refractivity (Wildman–Crippen MR) is 77.3 cm³/mol. The third-order valence-electron chi connectivity index (χ3n) is 2.72. The monoisotopic (exact) mass is 278 g/mol. The Labute approximate surface area is 117 Å². The summed E-state index contributed by atoms with van der Waals surface area (Å²) in [4.78, 5) is 2.16. The third kappa shape index (κ3) is 3.29. The molecular formula is C15H15ClOS. The normalized spacial score (nSPS) is 12.4. The van der Waals surface area contributed by atoms with Gasteiger partial charge in [0.15, 0.2) is 0 Å². The van der Waals surface area contributed by atoms with Crippen LogP contribution in [0.1, 0.15) is 25.0 Å². The third-order valence-corrected chi connectivity index (χ3v) is 4.24. The van der Waals surface area contributed by atoms with Crippen molar-refractivity contribution in [3.05, 3.63) is 59.1 Å². The van der Waals surface area contributed by atoms with E-state index in [1.54, 1.807) is 11.8 Å².